The Balaban J connectivity index is 2.17. The summed E-state index contributed by atoms with van der Waals surface area (Å²) in [7, 11) is 1.97. The fraction of sp³-hybridized carbons (Fsp3) is 0.625. The molecule has 0 aliphatic carbocycles. The van der Waals surface area contributed by atoms with Gasteiger partial charge < -0.3 is 10.2 Å². The molecule has 106 valence electrons. The summed E-state index contributed by atoms with van der Waals surface area (Å²) in [5.74, 6) is 1.55. The number of halogens is 1. The molecule has 1 aliphatic rings. The monoisotopic (exact) mass is 280 g/mol. The number of hydrogen-bond acceptors (Lipinski definition) is 2. The topological polar surface area (TPSA) is 15.3 Å². The van der Waals surface area contributed by atoms with Gasteiger partial charge >= 0.3 is 0 Å². The average Bonchev–Trinajstić information content (AvgIpc) is 2.41. The van der Waals surface area contributed by atoms with Gasteiger partial charge in [0, 0.05) is 19.1 Å². The molecule has 19 heavy (non-hydrogen) atoms. The smallest absolute Gasteiger partial charge is 0.0642 e. The Labute approximate surface area is 122 Å². The molecule has 1 aromatic rings. The maximum atomic E-state index is 6.48. The summed E-state index contributed by atoms with van der Waals surface area (Å²) in [5, 5.41) is 4.12. The van der Waals surface area contributed by atoms with E-state index in [9.17, 15) is 0 Å². The van der Waals surface area contributed by atoms with Crippen molar-refractivity contribution in [2.45, 2.75) is 33.2 Å². The summed E-state index contributed by atoms with van der Waals surface area (Å²) in [5.41, 5.74) is 2.43. The fourth-order valence-corrected chi connectivity index (χ4v) is 3.01. The minimum atomic E-state index is 0.340. The van der Waals surface area contributed by atoms with Crippen molar-refractivity contribution >= 4 is 17.3 Å². The first-order valence-corrected chi connectivity index (χ1v) is 7.62. The summed E-state index contributed by atoms with van der Waals surface area (Å²) in [6.45, 7) is 9.06. The third-order valence-electron chi connectivity index (χ3n) is 4.58. The fourth-order valence-electron chi connectivity index (χ4n) is 2.70. The van der Waals surface area contributed by atoms with Crippen molar-refractivity contribution in [2.24, 2.45) is 11.8 Å². The summed E-state index contributed by atoms with van der Waals surface area (Å²) in [4.78, 5) is 2.43. The molecule has 0 amide bonds. The summed E-state index contributed by atoms with van der Waals surface area (Å²) in [6, 6.07) is 6.80. The molecule has 3 unspecified atom stereocenters. The van der Waals surface area contributed by atoms with Crippen LogP contribution in [-0.2, 0) is 0 Å². The van der Waals surface area contributed by atoms with E-state index in [4.69, 9.17) is 11.6 Å². The quantitative estimate of drug-likeness (QED) is 0.897. The van der Waals surface area contributed by atoms with Crippen molar-refractivity contribution in [3.05, 3.63) is 28.8 Å². The van der Waals surface area contributed by atoms with Gasteiger partial charge in [-0.2, -0.15) is 0 Å². The predicted octanol–water partition coefficient (Wildman–Crippen LogP) is 4.10. The Hall–Kier alpha value is -0.730. The standard InChI is InChI=1S/C16H25ClN2/c1-11-7-8-19(10-12(11)2)16-6-5-14(9-15(16)17)13(3)18-4/h5-6,9,11-13,18H,7-8,10H2,1-4H3. The van der Waals surface area contributed by atoms with Gasteiger partial charge in [-0.15, -0.1) is 0 Å². The van der Waals surface area contributed by atoms with E-state index in [0.717, 1.165) is 29.9 Å². The molecule has 2 rings (SSSR count). The van der Waals surface area contributed by atoms with E-state index in [2.05, 4.69) is 49.2 Å². The van der Waals surface area contributed by atoms with Crippen molar-refractivity contribution < 1.29 is 0 Å². The van der Waals surface area contributed by atoms with E-state index in [0.29, 0.717) is 6.04 Å². The molecule has 1 saturated heterocycles. The Bertz CT molecular complexity index is 433. The second kappa shape index (κ2) is 6.15. The number of nitrogens with one attached hydrogen (secondary N) is 1. The second-order valence-electron chi connectivity index (χ2n) is 5.91. The van der Waals surface area contributed by atoms with Crippen LogP contribution in [0.15, 0.2) is 18.2 Å². The van der Waals surface area contributed by atoms with E-state index in [-0.39, 0.29) is 0 Å². The van der Waals surface area contributed by atoms with Crippen LogP contribution in [0, 0.1) is 11.8 Å². The lowest BCUT2D eigenvalue weighted by molar-refractivity contribution is 0.324. The second-order valence-corrected chi connectivity index (χ2v) is 6.32. The highest BCUT2D eigenvalue weighted by Crippen LogP contribution is 2.33. The number of anilines is 1. The van der Waals surface area contributed by atoms with Crippen LogP contribution < -0.4 is 10.2 Å². The lowest BCUT2D eigenvalue weighted by Crippen LogP contribution is -2.38. The van der Waals surface area contributed by atoms with E-state index in [1.54, 1.807) is 0 Å². The van der Waals surface area contributed by atoms with Gasteiger partial charge in [0.15, 0.2) is 0 Å². The molecule has 0 bridgehead atoms. The van der Waals surface area contributed by atoms with Crippen molar-refractivity contribution in [1.29, 1.82) is 0 Å². The van der Waals surface area contributed by atoms with Crippen molar-refractivity contribution in [3.8, 4) is 0 Å². The molecular formula is C16H25ClN2. The average molecular weight is 281 g/mol. The van der Waals surface area contributed by atoms with Crippen molar-refractivity contribution in [1.82, 2.24) is 5.32 Å². The van der Waals surface area contributed by atoms with Crippen LogP contribution in [0.4, 0.5) is 5.69 Å². The molecule has 0 aromatic heterocycles. The van der Waals surface area contributed by atoms with Crippen LogP contribution in [0.2, 0.25) is 5.02 Å². The van der Waals surface area contributed by atoms with Crippen LogP contribution in [0.5, 0.6) is 0 Å². The molecule has 1 aliphatic heterocycles. The van der Waals surface area contributed by atoms with Gasteiger partial charge in [-0.3, -0.25) is 0 Å². The Morgan fingerprint density at radius 1 is 1.32 bits per heavy atom. The molecule has 3 heteroatoms. The van der Waals surface area contributed by atoms with Gasteiger partial charge in [-0.25, -0.2) is 0 Å². The molecular weight excluding hydrogens is 256 g/mol. The Kier molecular flexibility index (Phi) is 4.75. The van der Waals surface area contributed by atoms with Gasteiger partial charge in [0.05, 0.1) is 10.7 Å². The van der Waals surface area contributed by atoms with E-state index < -0.39 is 0 Å². The molecule has 1 heterocycles. The number of benzene rings is 1. The molecule has 1 fully saturated rings. The minimum Gasteiger partial charge on any atom is -0.370 e. The summed E-state index contributed by atoms with van der Waals surface area (Å²) in [6.07, 6.45) is 1.26. The summed E-state index contributed by atoms with van der Waals surface area (Å²) < 4.78 is 0. The van der Waals surface area contributed by atoms with Gasteiger partial charge in [-0.1, -0.05) is 31.5 Å². The lowest BCUT2D eigenvalue weighted by atomic mass is 9.88. The zero-order valence-electron chi connectivity index (χ0n) is 12.4. The third kappa shape index (κ3) is 3.24. The molecule has 0 spiro atoms. The van der Waals surface area contributed by atoms with Crippen LogP contribution in [0.3, 0.4) is 0 Å². The number of nitrogens with zero attached hydrogens (tertiary/aromatic N) is 1. The first-order chi connectivity index (χ1) is 9.02. The Morgan fingerprint density at radius 3 is 2.63 bits per heavy atom. The van der Waals surface area contributed by atoms with E-state index in [1.165, 1.54) is 17.7 Å². The molecule has 0 radical (unpaired) electrons. The highest BCUT2D eigenvalue weighted by molar-refractivity contribution is 6.33. The van der Waals surface area contributed by atoms with Crippen LogP contribution >= 0.6 is 11.6 Å². The molecule has 1 N–H and O–H groups in total. The zero-order chi connectivity index (χ0) is 14.0. The first-order valence-electron chi connectivity index (χ1n) is 7.24. The van der Waals surface area contributed by atoms with Gasteiger partial charge in [-0.05, 0) is 49.9 Å². The number of piperidine rings is 1. The molecule has 2 nitrogen and oxygen atoms in total. The predicted molar refractivity (Wildman–Crippen MR) is 84.1 cm³/mol. The zero-order valence-corrected chi connectivity index (χ0v) is 13.2. The van der Waals surface area contributed by atoms with Crippen LogP contribution in [0.25, 0.3) is 0 Å². The maximum absolute atomic E-state index is 6.48. The van der Waals surface area contributed by atoms with Crippen LogP contribution in [-0.4, -0.2) is 20.1 Å². The summed E-state index contributed by atoms with van der Waals surface area (Å²) >= 11 is 6.48. The molecule has 0 saturated carbocycles. The van der Waals surface area contributed by atoms with Gasteiger partial charge in [0.2, 0.25) is 0 Å². The van der Waals surface area contributed by atoms with E-state index in [1.807, 2.05) is 7.05 Å². The third-order valence-corrected chi connectivity index (χ3v) is 4.88. The lowest BCUT2D eigenvalue weighted by Gasteiger charge is -2.37. The van der Waals surface area contributed by atoms with Gasteiger partial charge in [0.1, 0.15) is 0 Å². The van der Waals surface area contributed by atoms with Crippen molar-refractivity contribution in [3.63, 3.8) is 0 Å². The maximum Gasteiger partial charge on any atom is 0.0642 e. The highest BCUT2D eigenvalue weighted by Gasteiger charge is 2.24. The number of rotatable bonds is 3. The Morgan fingerprint density at radius 2 is 2.05 bits per heavy atom. The molecule has 1 aromatic carbocycles. The normalized spacial score (nSPS) is 25.4. The minimum absolute atomic E-state index is 0.340. The number of hydrogen-bond donors (Lipinski definition) is 1. The first kappa shape index (κ1) is 14.7. The SMILES string of the molecule is CNC(C)c1ccc(N2CCC(C)C(C)C2)c(Cl)c1. The van der Waals surface area contributed by atoms with E-state index >= 15 is 0 Å². The highest BCUT2D eigenvalue weighted by atomic mass is 35.5. The van der Waals surface area contributed by atoms with Crippen molar-refractivity contribution in [2.75, 3.05) is 25.0 Å². The molecule has 3 atom stereocenters. The van der Waals surface area contributed by atoms with Gasteiger partial charge in [0.25, 0.3) is 0 Å². The van der Waals surface area contributed by atoms with Crippen LogP contribution in [0.1, 0.15) is 38.8 Å². The largest absolute Gasteiger partial charge is 0.370 e.